The molecule has 12 heteroatoms. The number of carbonyl (C=O) groups is 1. The maximum atomic E-state index is 14.9. The fourth-order valence-electron chi connectivity index (χ4n) is 4.02. The fourth-order valence-corrected chi connectivity index (χ4v) is 4.92. The third kappa shape index (κ3) is 7.67. The first-order valence-electron chi connectivity index (χ1n) is 13.0. The average Bonchev–Trinajstić information content (AvgIpc) is 2.88. The Morgan fingerprint density at radius 3 is 2.45 bits per heavy atom. The fraction of sp³-hybridized carbons (Fsp3) is 0.393. The van der Waals surface area contributed by atoms with Crippen LogP contribution in [0.15, 0.2) is 42.6 Å². The van der Waals surface area contributed by atoms with Crippen LogP contribution in [0.4, 0.5) is 33.2 Å². The number of nitrogens with one attached hydrogen (secondary N) is 4. The van der Waals surface area contributed by atoms with Crippen LogP contribution in [-0.4, -0.2) is 55.9 Å². The largest absolute Gasteiger partial charge is 0.349 e. The molecule has 2 aromatic carbocycles. The number of hydrogen-bond donors (Lipinski definition) is 4. The van der Waals surface area contributed by atoms with Crippen LogP contribution in [0.5, 0.6) is 0 Å². The summed E-state index contributed by atoms with van der Waals surface area (Å²) in [6.45, 7) is 9.27. The number of benzene rings is 2. The molecule has 1 unspecified atom stereocenters. The highest BCUT2D eigenvalue weighted by Crippen LogP contribution is 2.30. The molecular weight excluding hydrogens is 553 g/mol. The summed E-state index contributed by atoms with van der Waals surface area (Å²) in [4.78, 5) is 23.7. The summed E-state index contributed by atoms with van der Waals surface area (Å²) in [6.07, 6.45) is 3.32. The molecule has 4 rings (SSSR count). The van der Waals surface area contributed by atoms with Gasteiger partial charge in [-0.3, -0.25) is 4.79 Å². The molecular formula is C28H35ClFN7O2S. The molecule has 3 aromatic rings. The lowest BCUT2D eigenvalue weighted by Gasteiger charge is -2.29. The van der Waals surface area contributed by atoms with Gasteiger partial charge in [-0.15, -0.1) is 0 Å². The quantitative estimate of drug-likeness (QED) is 0.265. The molecule has 0 aliphatic carbocycles. The molecule has 214 valence electrons. The van der Waals surface area contributed by atoms with E-state index in [4.69, 9.17) is 11.6 Å². The molecule has 1 aromatic heterocycles. The van der Waals surface area contributed by atoms with Gasteiger partial charge in [0.25, 0.3) is 5.91 Å². The zero-order chi connectivity index (χ0) is 29.0. The summed E-state index contributed by atoms with van der Waals surface area (Å²) >= 11 is 6.32. The number of likely N-dealkylation sites (tertiary alicyclic amines) is 1. The monoisotopic (exact) mass is 587 g/mol. The van der Waals surface area contributed by atoms with Gasteiger partial charge in [0, 0.05) is 29.2 Å². The van der Waals surface area contributed by atoms with Crippen LogP contribution in [0.25, 0.3) is 0 Å². The number of amides is 1. The lowest BCUT2D eigenvalue weighted by atomic mass is 10.0. The van der Waals surface area contributed by atoms with Crippen molar-refractivity contribution in [2.75, 3.05) is 35.5 Å². The summed E-state index contributed by atoms with van der Waals surface area (Å²) in [6, 6.07) is 9.62. The van der Waals surface area contributed by atoms with Crippen LogP contribution >= 0.6 is 11.6 Å². The van der Waals surface area contributed by atoms with Gasteiger partial charge in [-0.2, -0.15) is 4.98 Å². The molecule has 9 nitrogen and oxygen atoms in total. The van der Waals surface area contributed by atoms with Gasteiger partial charge < -0.3 is 25.6 Å². The normalized spacial score (nSPS) is 15.4. The van der Waals surface area contributed by atoms with E-state index in [0.29, 0.717) is 27.9 Å². The van der Waals surface area contributed by atoms with Gasteiger partial charge in [0.05, 0.1) is 21.0 Å². The van der Waals surface area contributed by atoms with Crippen molar-refractivity contribution in [2.24, 2.45) is 0 Å². The summed E-state index contributed by atoms with van der Waals surface area (Å²) in [7, 11) is 0.696. The molecule has 2 heterocycles. The second-order valence-electron chi connectivity index (χ2n) is 10.9. The summed E-state index contributed by atoms with van der Waals surface area (Å²) in [5.74, 6) is -0.274. The van der Waals surface area contributed by atoms with Crippen molar-refractivity contribution in [3.05, 3.63) is 64.6 Å². The molecule has 1 aliphatic rings. The van der Waals surface area contributed by atoms with Gasteiger partial charge in [-0.25, -0.2) is 13.6 Å². The number of rotatable bonds is 8. The molecule has 1 saturated heterocycles. The smallest absolute Gasteiger partial charge is 0.254 e. The Hall–Kier alpha value is -3.28. The van der Waals surface area contributed by atoms with E-state index in [1.807, 2.05) is 34.7 Å². The number of carbonyl (C=O) groups excluding carboxylic acids is 1. The van der Waals surface area contributed by atoms with Crippen molar-refractivity contribution in [1.82, 2.24) is 20.2 Å². The predicted octanol–water partition coefficient (Wildman–Crippen LogP) is 5.76. The molecule has 1 aliphatic heterocycles. The Bertz CT molecular complexity index is 1410. The van der Waals surface area contributed by atoms with Gasteiger partial charge in [0.15, 0.2) is 0 Å². The molecule has 0 radical (unpaired) electrons. The Labute approximate surface area is 241 Å². The molecule has 1 fully saturated rings. The lowest BCUT2D eigenvalue weighted by Crippen LogP contribution is -2.43. The van der Waals surface area contributed by atoms with Crippen molar-refractivity contribution in [3.8, 4) is 0 Å². The van der Waals surface area contributed by atoms with Gasteiger partial charge in [0.1, 0.15) is 22.6 Å². The van der Waals surface area contributed by atoms with E-state index in [1.54, 1.807) is 30.5 Å². The second-order valence-corrected chi connectivity index (χ2v) is 13.3. The highest BCUT2D eigenvalue weighted by molar-refractivity contribution is 7.87. The van der Waals surface area contributed by atoms with Crippen LogP contribution in [0.1, 0.15) is 49.5 Å². The molecule has 1 atom stereocenters. The van der Waals surface area contributed by atoms with E-state index < -0.39 is 27.5 Å². The number of anilines is 5. The topological polar surface area (TPSA) is 111 Å². The van der Waals surface area contributed by atoms with Crippen molar-refractivity contribution >= 4 is 57.3 Å². The van der Waals surface area contributed by atoms with Crippen molar-refractivity contribution in [2.45, 2.75) is 51.3 Å². The van der Waals surface area contributed by atoms with E-state index >= 15 is 0 Å². The summed E-state index contributed by atoms with van der Waals surface area (Å²) in [5, 5.41) is 9.62. The van der Waals surface area contributed by atoms with Gasteiger partial charge in [-0.1, -0.05) is 11.6 Å². The first-order chi connectivity index (χ1) is 18.9. The lowest BCUT2D eigenvalue weighted by molar-refractivity contribution is 0.0913. The van der Waals surface area contributed by atoms with E-state index in [2.05, 4.69) is 35.5 Å². The minimum absolute atomic E-state index is 0.00352. The first kappa shape index (κ1) is 29.7. The SMILES string of the molecule is Cc1cnc(Nc2ccc(C(=O)NC3CCN(C)CC3)c(F)c2)nc1Nc1ccc(Cl)c(NS(=O)C(C)(C)C)c1. The van der Waals surface area contributed by atoms with Crippen molar-refractivity contribution in [3.63, 3.8) is 0 Å². The first-order valence-corrected chi connectivity index (χ1v) is 14.6. The maximum Gasteiger partial charge on any atom is 0.254 e. The van der Waals surface area contributed by atoms with E-state index in [1.165, 1.54) is 12.1 Å². The minimum Gasteiger partial charge on any atom is -0.349 e. The van der Waals surface area contributed by atoms with Crippen LogP contribution in [0.2, 0.25) is 5.02 Å². The molecule has 0 bridgehead atoms. The van der Waals surface area contributed by atoms with Gasteiger partial charge in [0.2, 0.25) is 5.95 Å². The van der Waals surface area contributed by atoms with E-state index in [-0.39, 0.29) is 17.6 Å². The molecule has 0 saturated carbocycles. The molecule has 4 N–H and O–H groups in total. The van der Waals surface area contributed by atoms with Crippen LogP contribution in [0, 0.1) is 12.7 Å². The average molecular weight is 588 g/mol. The number of nitrogens with zero attached hydrogens (tertiary/aromatic N) is 3. The highest BCUT2D eigenvalue weighted by atomic mass is 35.5. The Balaban J connectivity index is 1.45. The van der Waals surface area contributed by atoms with E-state index in [0.717, 1.165) is 31.5 Å². The van der Waals surface area contributed by atoms with Crippen LogP contribution < -0.4 is 20.7 Å². The molecule has 0 spiro atoms. The molecule has 40 heavy (non-hydrogen) atoms. The number of halogens is 2. The minimum atomic E-state index is -1.35. The zero-order valence-corrected chi connectivity index (χ0v) is 24.8. The second kappa shape index (κ2) is 12.5. The summed E-state index contributed by atoms with van der Waals surface area (Å²) in [5.41, 5.74) is 2.39. The Kier molecular flexibility index (Phi) is 9.27. The number of hydrogen-bond acceptors (Lipinski definition) is 7. The highest BCUT2D eigenvalue weighted by Gasteiger charge is 2.22. The third-order valence-electron chi connectivity index (χ3n) is 6.48. The van der Waals surface area contributed by atoms with Gasteiger partial charge >= 0.3 is 0 Å². The number of piperidine rings is 1. The van der Waals surface area contributed by atoms with Gasteiger partial charge in [-0.05, 0) is 97.1 Å². The predicted molar refractivity (Wildman–Crippen MR) is 161 cm³/mol. The Morgan fingerprint density at radius 2 is 1.77 bits per heavy atom. The number of aromatic nitrogens is 2. The third-order valence-corrected chi connectivity index (χ3v) is 8.33. The van der Waals surface area contributed by atoms with Crippen LogP contribution in [0.3, 0.4) is 0 Å². The van der Waals surface area contributed by atoms with Crippen molar-refractivity contribution in [1.29, 1.82) is 0 Å². The number of aryl methyl sites for hydroxylation is 1. The van der Waals surface area contributed by atoms with Crippen LogP contribution in [-0.2, 0) is 11.0 Å². The zero-order valence-electron chi connectivity index (χ0n) is 23.3. The summed E-state index contributed by atoms with van der Waals surface area (Å²) < 4.78 is 29.9. The van der Waals surface area contributed by atoms with Crippen molar-refractivity contribution < 1.29 is 13.4 Å². The molecule has 1 amide bonds. The standard InChI is InChI=1S/C28H35ClFN7O2S/c1-17-16-31-27(35-25(17)32-20-7-9-22(29)24(15-20)36-40(39)28(2,3)4)34-19-6-8-21(23(30)14-19)26(38)33-18-10-12-37(5)13-11-18/h6-9,14-16,18,36H,10-13H2,1-5H3,(H,33,38)(H2,31,32,34,35). The Morgan fingerprint density at radius 1 is 1.10 bits per heavy atom. The maximum absolute atomic E-state index is 14.9. The van der Waals surface area contributed by atoms with E-state index in [9.17, 15) is 13.4 Å².